The summed E-state index contributed by atoms with van der Waals surface area (Å²) in [4.78, 5) is 30.0. The molecule has 3 heterocycles. The number of para-hydroxylation sites is 1. The standard InChI is InChI=1S/C23H20N6O3S2/c1-3-11-28-20(31)15-7-5-6-8-17(15)29-22(28)26-27-23(29)33-13-19(30)25-21-24-16-10-9-14(32-4-2)12-18(16)34-21/h3,5-10,12H,1,4,11,13H2,2H3,(H,24,25,30). The number of ether oxygens (including phenoxy) is 1. The van der Waals surface area contributed by atoms with Gasteiger partial charge in [-0.3, -0.25) is 18.6 Å². The van der Waals surface area contributed by atoms with E-state index < -0.39 is 0 Å². The van der Waals surface area contributed by atoms with E-state index in [1.165, 1.54) is 27.7 Å². The molecule has 2 aromatic carbocycles. The van der Waals surface area contributed by atoms with Gasteiger partial charge in [-0.25, -0.2) is 4.98 Å². The van der Waals surface area contributed by atoms with Crippen LogP contribution < -0.4 is 15.6 Å². The van der Waals surface area contributed by atoms with Crippen molar-refractivity contribution >= 4 is 61.0 Å². The highest BCUT2D eigenvalue weighted by Gasteiger charge is 2.17. The summed E-state index contributed by atoms with van der Waals surface area (Å²) in [5.41, 5.74) is 1.33. The number of thiazole rings is 1. The molecular weight excluding hydrogens is 472 g/mol. The molecule has 11 heteroatoms. The highest BCUT2D eigenvalue weighted by Crippen LogP contribution is 2.29. The van der Waals surface area contributed by atoms with Crippen LogP contribution in [0.2, 0.25) is 0 Å². The van der Waals surface area contributed by atoms with E-state index in [0.29, 0.717) is 40.1 Å². The average molecular weight is 493 g/mol. The highest BCUT2D eigenvalue weighted by molar-refractivity contribution is 7.99. The van der Waals surface area contributed by atoms with Crippen LogP contribution in [0.15, 0.2) is 65.1 Å². The van der Waals surface area contributed by atoms with E-state index >= 15 is 0 Å². The molecule has 1 N–H and O–H groups in total. The van der Waals surface area contributed by atoms with Crippen molar-refractivity contribution in [2.45, 2.75) is 18.6 Å². The molecule has 0 saturated carbocycles. The third-order valence-electron chi connectivity index (χ3n) is 5.04. The van der Waals surface area contributed by atoms with Crippen molar-refractivity contribution < 1.29 is 9.53 Å². The number of aromatic nitrogens is 5. The van der Waals surface area contributed by atoms with Gasteiger partial charge in [0.1, 0.15) is 5.75 Å². The Kier molecular flexibility index (Phi) is 6.03. The number of carbonyl (C=O) groups is 1. The number of hydrogen-bond donors (Lipinski definition) is 1. The fraction of sp³-hybridized carbons (Fsp3) is 0.174. The van der Waals surface area contributed by atoms with Crippen LogP contribution in [0.5, 0.6) is 5.75 Å². The summed E-state index contributed by atoms with van der Waals surface area (Å²) < 4.78 is 9.78. The van der Waals surface area contributed by atoms with Crippen molar-refractivity contribution in [1.29, 1.82) is 0 Å². The van der Waals surface area contributed by atoms with Gasteiger partial charge < -0.3 is 10.1 Å². The molecule has 5 rings (SSSR count). The summed E-state index contributed by atoms with van der Waals surface area (Å²) in [7, 11) is 0. The Morgan fingerprint density at radius 1 is 1.26 bits per heavy atom. The van der Waals surface area contributed by atoms with E-state index in [0.717, 1.165) is 16.0 Å². The summed E-state index contributed by atoms with van der Waals surface area (Å²) in [6.07, 6.45) is 1.64. The van der Waals surface area contributed by atoms with Crippen LogP contribution in [0.3, 0.4) is 0 Å². The third-order valence-corrected chi connectivity index (χ3v) is 6.90. The molecule has 0 saturated heterocycles. The lowest BCUT2D eigenvalue weighted by molar-refractivity contribution is -0.113. The Hall–Kier alpha value is -3.70. The first-order valence-corrected chi connectivity index (χ1v) is 12.3. The normalized spacial score (nSPS) is 11.3. The summed E-state index contributed by atoms with van der Waals surface area (Å²) >= 11 is 2.63. The van der Waals surface area contributed by atoms with Gasteiger partial charge in [-0.1, -0.05) is 41.3 Å². The molecule has 9 nitrogen and oxygen atoms in total. The summed E-state index contributed by atoms with van der Waals surface area (Å²) in [6.45, 7) is 6.55. The minimum Gasteiger partial charge on any atom is -0.494 e. The van der Waals surface area contributed by atoms with Crippen LogP contribution in [0.4, 0.5) is 5.13 Å². The fourth-order valence-corrected chi connectivity index (χ4v) is 5.27. The Labute approximate surface area is 202 Å². The molecular formula is C23H20N6O3S2. The molecule has 3 aromatic heterocycles. The smallest absolute Gasteiger partial charge is 0.263 e. The molecule has 0 aliphatic carbocycles. The number of rotatable bonds is 8. The zero-order valence-corrected chi connectivity index (χ0v) is 19.9. The molecule has 0 unspecified atom stereocenters. The molecule has 0 spiro atoms. The van der Waals surface area contributed by atoms with E-state index in [-0.39, 0.29) is 17.2 Å². The lowest BCUT2D eigenvalue weighted by Crippen LogP contribution is -2.22. The van der Waals surface area contributed by atoms with E-state index in [1.54, 1.807) is 16.5 Å². The van der Waals surface area contributed by atoms with Gasteiger partial charge >= 0.3 is 0 Å². The third kappa shape index (κ3) is 4.03. The first-order chi connectivity index (χ1) is 16.6. The van der Waals surface area contributed by atoms with Gasteiger partial charge in [0.05, 0.1) is 33.5 Å². The molecule has 0 bridgehead atoms. The van der Waals surface area contributed by atoms with Crippen molar-refractivity contribution in [3.05, 3.63) is 65.5 Å². The van der Waals surface area contributed by atoms with Crippen molar-refractivity contribution in [2.24, 2.45) is 0 Å². The lowest BCUT2D eigenvalue weighted by Gasteiger charge is -2.09. The molecule has 0 atom stereocenters. The minimum atomic E-state index is -0.213. The average Bonchev–Trinajstić information content (AvgIpc) is 3.44. The fourth-order valence-electron chi connectivity index (χ4n) is 3.62. The highest BCUT2D eigenvalue weighted by atomic mass is 32.2. The quantitative estimate of drug-likeness (QED) is 0.258. The zero-order chi connectivity index (χ0) is 23.7. The molecule has 0 aliphatic rings. The van der Waals surface area contributed by atoms with Gasteiger partial charge in [0.2, 0.25) is 11.7 Å². The van der Waals surface area contributed by atoms with E-state index in [1.807, 2.05) is 43.3 Å². The van der Waals surface area contributed by atoms with E-state index in [2.05, 4.69) is 27.1 Å². The molecule has 5 aromatic rings. The van der Waals surface area contributed by atoms with Crippen molar-refractivity contribution in [3.8, 4) is 5.75 Å². The van der Waals surface area contributed by atoms with Gasteiger partial charge in [-0.2, -0.15) is 0 Å². The summed E-state index contributed by atoms with van der Waals surface area (Å²) in [5, 5.41) is 12.9. The zero-order valence-electron chi connectivity index (χ0n) is 18.2. The largest absolute Gasteiger partial charge is 0.494 e. The second kappa shape index (κ2) is 9.27. The minimum absolute atomic E-state index is 0.107. The first kappa shape index (κ1) is 22.1. The number of hydrogen-bond acceptors (Lipinski definition) is 8. The summed E-state index contributed by atoms with van der Waals surface area (Å²) in [5.74, 6) is 1.07. The topological polar surface area (TPSA) is 103 Å². The first-order valence-electron chi connectivity index (χ1n) is 10.5. The summed E-state index contributed by atoms with van der Waals surface area (Å²) in [6, 6.07) is 12.9. The molecule has 34 heavy (non-hydrogen) atoms. The second-order valence-corrected chi connectivity index (χ2v) is 9.23. The molecule has 172 valence electrons. The van der Waals surface area contributed by atoms with Gasteiger partial charge in [0.15, 0.2) is 10.3 Å². The number of amides is 1. The Morgan fingerprint density at radius 2 is 2.12 bits per heavy atom. The number of carbonyl (C=O) groups excluding carboxylic acids is 1. The Bertz CT molecular complexity index is 1600. The number of nitrogens with one attached hydrogen (secondary N) is 1. The Morgan fingerprint density at radius 3 is 2.94 bits per heavy atom. The Balaban J connectivity index is 1.39. The van der Waals surface area contributed by atoms with Gasteiger partial charge in [-0.05, 0) is 37.3 Å². The van der Waals surface area contributed by atoms with E-state index in [4.69, 9.17) is 4.74 Å². The lowest BCUT2D eigenvalue weighted by atomic mass is 10.2. The monoisotopic (exact) mass is 492 g/mol. The SMILES string of the molecule is C=CCn1c(=O)c2ccccc2n2c(SCC(=O)Nc3nc4ccc(OCC)cc4s3)nnc12. The number of allylic oxidation sites excluding steroid dienone is 1. The van der Waals surface area contributed by atoms with E-state index in [9.17, 15) is 9.59 Å². The van der Waals surface area contributed by atoms with Gasteiger partial charge in [0, 0.05) is 6.54 Å². The maximum atomic E-state index is 12.9. The van der Waals surface area contributed by atoms with Crippen LogP contribution in [0, 0.1) is 0 Å². The van der Waals surface area contributed by atoms with Crippen molar-refractivity contribution in [2.75, 3.05) is 17.7 Å². The number of anilines is 1. The predicted octanol–water partition coefficient (Wildman–Crippen LogP) is 3.97. The number of fused-ring (bicyclic) bond motifs is 4. The maximum absolute atomic E-state index is 12.9. The molecule has 0 radical (unpaired) electrons. The van der Waals surface area contributed by atoms with Crippen LogP contribution in [0.1, 0.15) is 6.92 Å². The molecule has 1 amide bonds. The van der Waals surface area contributed by atoms with Crippen LogP contribution in [-0.2, 0) is 11.3 Å². The number of benzene rings is 2. The van der Waals surface area contributed by atoms with Gasteiger partial charge in [-0.15, -0.1) is 16.8 Å². The van der Waals surface area contributed by atoms with Gasteiger partial charge in [0.25, 0.3) is 5.56 Å². The number of thioether (sulfide) groups is 1. The van der Waals surface area contributed by atoms with Crippen LogP contribution in [0.25, 0.3) is 26.9 Å². The maximum Gasteiger partial charge on any atom is 0.263 e. The second-order valence-electron chi connectivity index (χ2n) is 7.26. The predicted molar refractivity (Wildman–Crippen MR) is 135 cm³/mol. The van der Waals surface area contributed by atoms with Crippen LogP contribution in [-0.4, -0.2) is 42.4 Å². The molecule has 0 fully saturated rings. The van der Waals surface area contributed by atoms with Crippen molar-refractivity contribution in [1.82, 2.24) is 24.1 Å². The van der Waals surface area contributed by atoms with Crippen molar-refractivity contribution in [3.63, 3.8) is 0 Å². The number of nitrogens with zero attached hydrogens (tertiary/aromatic N) is 5. The van der Waals surface area contributed by atoms with Crippen LogP contribution >= 0.6 is 23.1 Å². The molecule has 0 aliphatic heterocycles.